The molecule has 20 heavy (non-hydrogen) atoms. The molecule has 0 amide bonds. The number of para-hydroxylation sites is 1. The number of nitrogens with one attached hydrogen (secondary N) is 1. The molecule has 0 aromatic heterocycles. The molecule has 0 aliphatic carbocycles. The Bertz CT molecular complexity index is 569. The molecule has 0 fully saturated rings. The summed E-state index contributed by atoms with van der Waals surface area (Å²) in [6.45, 7) is 2.41. The van der Waals surface area contributed by atoms with E-state index in [0.29, 0.717) is 12.1 Å². The first-order valence-corrected chi connectivity index (χ1v) is 6.45. The van der Waals surface area contributed by atoms with Gasteiger partial charge in [-0.2, -0.15) is 0 Å². The molecule has 0 bridgehead atoms. The highest BCUT2D eigenvalue weighted by Crippen LogP contribution is 2.22. The average molecular weight is 275 g/mol. The van der Waals surface area contributed by atoms with E-state index in [1.54, 1.807) is 19.2 Å². The van der Waals surface area contributed by atoms with Crippen LogP contribution in [0.1, 0.15) is 24.1 Å². The van der Waals surface area contributed by atoms with Crippen molar-refractivity contribution in [2.24, 2.45) is 0 Å². The second-order valence-corrected chi connectivity index (χ2v) is 4.62. The van der Waals surface area contributed by atoms with Crippen LogP contribution in [0.3, 0.4) is 0 Å². The quantitative estimate of drug-likeness (QED) is 0.879. The van der Waals surface area contributed by atoms with Crippen LogP contribution >= 0.6 is 0 Å². The van der Waals surface area contributed by atoms with Crippen LogP contribution in [-0.4, -0.2) is 12.2 Å². The fourth-order valence-corrected chi connectivity index (χ4v) is 1.98. The summed E-state index contributed by atoms with van der Waals surface area (Å²) in [5, 5.41) is 12.9. The third kappa shape index (κ3) is 3.27. The number of halogens is 1. The second-order valence-electron chi connectivity index (χ2n) is 4.62. The monoisotopic (exact) mass is 275 g/mol. The van der Waals surface area contributed by atoms with Crippen molar-refractivity contribution in [2.75, 3.05) is 7.11 Å². The molecule has 0 aliphatic heterocycles. The molecular weight excluding hydrogens is 257 g/mol. The molecule has 2 aromatic rings. The van der Waals surface area contributed by atoms with Crippen molar-refractivity contribution in [1.29, 1.82) is 0 Å². The number of methoxy groups -OCH3 is 1. The average Bonchev–Trinajstić information content (AvgIpc) is 2.48. The van der Waals surface area contributed by atoms with E-state index >= 15 is 0 Å². The Hall–Kier alpha value is -2.07. The molecule has 4 heteroatoms. The van der Waals surface area contributed by atoms with Gasteiger partial charge in [-0.05, 0) is 30.7 Å². The molecule has 2 aromatic carbocycles. The lowest BCUT2D eigenvalue weighted by Gasteiger charge is -2.15. The maximum atomic E-state index is 13.2. The maximum Gasteiger partial charge on any atom is 0.165 e. The van der Waals surface area contributed by atoms with Gasteiger partial charge in [0.25, 0.3) is 0 Å². The van der Waals surface area contributed by atoms with Crippen molar-refractivity contribution >= 4 is 0 Å². The smallest absolute Gasteiger partial charge is 0.165 e. The van der Waals surface area contributed by atoms with Gasteiger partial charge >= 0.3 is 0 Å². The summed E-state index contributed by atoms with van der Waals surface area (Å²) in [6, 6.07) is 12.4. The van der Waals surface area contributed by atoms with E-state index in [-0.39, 0.29) is 11.8 Å². The van der Waals surface area contributed by atoms with E-state index in [1.165, 1.54) is 6.07 Å². The Morgan fingerprint density at radius 1 is 1.20 bits per heavy atom. The van der Waals surface area contributed by atoms with Gasteiger partial charge in [-0.25, -0.2) is 4.39 Å². The Balaban J connectivity index is 2.00. The highest BCUT2D eigenvalue weighted by Gasteiger charge is 2.09. The molecular formula is C16H18FNO2. The Labute approximate surface area is 118 Å². The molecule has 2 rings (SSSR count). The molecule has 0 saturated carbocycles. The van der Waals surface area contributed by atoms with Crippen LogP contribution in [0.2, 0.25) is 0 Å². The van der Waals surface area contributed by atoms with Crippen molar-refractivity contribution in [2.45, 2.75) is 19.5 Å². The number of ether oxygens (including phenoxy) is 1. The first-order valence-electron chi connectivity index (χ1n) is 6.45. The van der Waals surface area contributed by atoms with Crippen LogP contribution in [0.5, 0.6) is 11.5 Å². The summed E-state index contributed by atoms with van der Waals surface area (Å²) in [5.41, 5.74) is 1.65. The van der Waals surface area contributed by atoms with Crippen LogP contribution in [0, 0.1) is 5.82 Å². The SMILES string of the molecule is COc1ccc([C@H](C)NCc2cccc(F)c2O)cc1. The van der Waals surface area contributed by atoms with Gasteiger partial charge in [-0.3, -0.25) is 0 Å². The van der Waals surface area contributed by atoms with Gasteiger partial charge in [0.15, 0.2) is 11.6 Å². The highest BCUT2D eigenvalue weighted by atomic mass is 19.1. The van der Waals surface area contributed by atoms with Gasteiger partial charge in [-0.15, -0.1) is 0 Å². The summed E-state index contributed by atoms with van der Waals surface area (Å²) >= 11 is 0. The summed E-state index contributed by atoms with van der Waals surface area (Å²) in [6.07, 6.45) is 0. The molecule has 0 spiro atoms. The van der Waals surface area contributed by atoms with Crippen molar-refractivity contribution in [3.8, 4) is 11.5 Å². The largest absolute Gasteiger partial charge is 0.505 e. The number of phenols is 1. The van der Waals surface area contributed by atoms with Gasteiger partial charge in [0.2, 0.25) is 0 Å². The van der Waals surface area contributed by atoms with Gasteiger partial charge in [-0.1, -0.05) is 24.3 Å². The molecule has 0 saturated heterocycles. The van der Waals surface area contributed by atoms with E-state index in [4.69, 9.17) is 4.74 Å². The summed E-state index contributed by atoms with van der Waals surface area (Å²) in [5.74, 6) is -0.0768. The van der Waals surface area contributed by atoms with E-state index in [2.05, 4.69) is 5.32 Å². The first-order chi connectivity index (χ1) is 9.61. The van der Waals surface area contributed by atoms with E-state index in [9.17, 15) is 9.50 Å². The Morgan fingerprint density at radius 3 is 2.55 bits per heavy atom. The number of hydrogen-bond donors (Lipinski definition) is 2. The molecule has 106 valence electrons. The lowest BCUT2D eigenvalue weighted by atomic mass is 10.1. The third-order valence-corrected chi connectivity index (χ3v) is 3.28. The maximum absolute atomic E-state index is 13.2. The fourth-order valence-electron chi connectivity index (χ4n) is 1.98. The van der Waals surface area contributed by atoms with Crippen LogP contribution in [0.4, 0.5) is 4.39 Å². The van der Waals surface area contributed by atoms with Crippen LogP contribution < -0.4 is 10.1 Å². The Morgan fingerprint density at radius 2 is 1.90 bits per heavy atom. The molecule has 3 nitrogen and oxygen atoms in total. The van der Waals surface area contributed by atoms with Crippen LogP contribution in [0.25, 0.3) is 0 Å². The molecule has 1 atom stereocenters. The number of hydrogen-bond acceptors (Lipinski definition) is 3. The van der Waals surface area contributed by atoms with E-state index in [1.807, 2.05) is 31.2 Å². The Kier molecular flexibility index (Phi) is 4.58. The predicted octanol–water partition coefficient (Wildman–Crippen LogP) is 3.39. The summed E-state index contributed by atoms with van der Waals surface area (Å²) < 4.78 is 18.3. The molecule has 0 aliphatic rings. The standard InChI is InChI=1S/C16H18FNO2/c1-11(12-6-8-14(20-2)9-7-12)18-10-13-4-3-5-15(17)16(13)19/h3-9,11,18-19H,10H2,1-2H3/t11-/m0/s1. The van der Waals surface area contributed by atoms with Gasteiger partial charge in [0.05, 0.1) is 7.11 Å². The van der Waals surface area contributed by atoms with Gasteiger partial charge < -0.3 is 15.2 Å². The minimum atomic E-state index is -0.596. The van der Waals surface area contributed by atoms with Crippen LogP contribution in [-0.2, 0) is 6.54 Å². The van der Waals surface area contributed by atoms with Gasteiger partial charge in [0, 0.05) is 18.2 Å². The minimum absolute atomic E-state index is 0.0866. The fraction of sp³-hybridized carbons (Fsp3) is 0.250. The zero-order valence-electron chi connectivity index (χ0n) is 11.6. The number of phenolic OH excluding ortho intramolecular Hbond substituents is 1. The molecule has 2 N–H and O–H groups in total. The van der Waals surface area contributed by atoms with Gasteiger partial charge in [0.1, 0.15) is 5.75 Å². The first kappa shape index (κ1) is 14.3. The highest BCUT2D eigenvalue weighted by molar-refractivity contribution is 5.34. The molecule has 0 unspecified atom stereocenters. The topological polar surface area (TPSA) is 41.5 Å². The normalized spacial score (nSPS) is 12.2. The van der Waals surface area contributed by atoms with Crippen molar-refractivity contribution in [3.05, 3.63) is 59.4 Å². The van der Waals surface area contributed by atoms with E-state index < -0.39 is 5.82 Å². The van der Waals surface area contributed by atoms with E-state index in [0.717, 1.165) is 11.3 Å². The zero-order chi connectivity index (χ0) is 14.5. The van der Waals surface area contributed by atoms with Crippen molar-refractivity contribution in [3.63, 3.8) is 0 Å². The molecule has 0 radical (unpaired) electrons. The molecule has 0 heterocycles. The summed E-state index contributed by atoms with van der Waals surface area (Å²) in [4.78, 5) is 0. The zero-order valence-corrected chi connectivity index (χ0v) is 11.6. The number of rotatable bonds is 5. The predicted molar refractivity (Wildman–Crippen MR) is 76.3 cm³/mol. The third-order valence-electron chi connectivity index (χ3n) is 3.28. The minimum Gasteiger partial charge on any atom is -0.505 e. The number of aromatic hydroxyl groups is 1. The van der Waals surface area contributed by atoms with Crippen molar-refractivity contribution < 1.29 is 14.2 Å². The van der Waals surface area contributed by atoms with Crippen molar-refractivity contribution in [1.82, 2.24) is 5.32 Å². The summed E-state index contributed by atoms with van der Waals surface area (Å²) in [7, 11) is 1.63. The lowest BCUT2D eigenvalue weighted by molar-refractivity contribution is 0.414. The number of benzene rings is 2. The lowest BCUT2D eigenvalue weighted by Crippen LogP contribution is -2.18. The van der Waals surface area contributed by atoms with Crippen LogP contribution in [0.15, 0.2) is 42.5 Å². The second kappa shape index (κ2) is 6.39.